The molecule has 7 nitrogen and oxygen atoms in total. The molecule has 1 atom stereocenters. The zero-order valence-corrected chi connectivity index (χ0v) is 19.8. The van der Waals surface area contributed by atoms with E-state index in [1.807, 2.05) is 11.4 Å². The van der Waals surface area contributed by atoms with E-state index in [-0.39, 0.29) is 22.6 Å². The van der Waals surface area contributed by atoms with Gasteiger partial charge in [-0.15, -0.1) is 11.3 Å². The molecule has 9 heteroatoms. The lowest BCUT2D eigenvalue weighted by atomic mass is 9.97. The number of sulfonamides is 1. The molecule has 32 heavy (non-hydrogen) atoms. The maximum atomic E-state index is 12.9. The Morgan fingerprint density at radius 3 is 2.41 bits per heavy atom. The number of benzene rings is 1. The third-order valence-corrected chi connectivity index (χ3v) is 9.08. The third-order valence-electron chi connectivity index (χ3n) is 6.31. The van der Waals surface area contributed by atoms with E-state index in [9.17, 15) is 18.0 Å². The smallest absolute Gasteiger partial charge is 0.263 e. The van der Waals surface area contributed by atoms with Crippen LogP contribution in [-0.4, -0.2) is 55.6 Å². The molecule has 0 bridgehead atoms. The van der Waals surface area contributed by atoms with Gasteiger partial charge in [-0.2, -0.15) is 4.31 Å². The standard InChI is InChI=1S/C23H29N3O4S2/c1-17-10-13-26(14-11-17)32(29,30)20-8-6-19(7-9-20)24-22(27)18-4-2-12-25(16-18)23(28)21-5-3-15-31-21/h3,5-9,15,17-18H,2,4,10-14,16H2,1H3,(H,24,27). The maximum Gasteiger partial charge on any atom is 0.263 e. The van der Waals surface area contributed by atoms with E-state index >= 15 is 0 Å². The molecular weight excluding hydrogens is 446 g/mol. The number of rotatable bonds is 5. The Labute approximate surface area is 193 Å². The number of hydrogen-bond donors (Lipinski definition) is 1. The van der Waals surface area contributed by atoms with Crippen molar-refractivity contribution < 1.29 is 18.0 Å². The first-order valence-electron chi connectivity index (χ1n) is 11.1. The number of amides is 2. The summed E-state index contributed by atoms with van der Waals surface area (Å²) in [6.45, 7) is 4.28. The number of nitrogens with one attached hydrogen (secondary N) is 1. The molecule has 2 aromatic rings. The summed E-state index contributed by atoms with van der Waals surface area (Å²) in [4.78, 5) is 28.1. The summed E-state index contributed by atoms with van der Waals surface area (Å²) >= 11 is 1.41. The van der Waals surface area contributed by atoms with Crippen LogP contribution in [0, 0.1) is 11.8 Å². The van der Waals surface area contributed by atoms with Gasteiger partial charge in [0, 0.05) is 31.9 Å². The van der Waals surface area contributed by atoms with Crippen molar-refractivity contribution in [3.63, 3.8) is 0 Å². The topological polar surface area (TPSA) is 86.8 Å². The lowest BCUT2D eigenvalue weighted by Crippen LogP contribution is -2.43. The van der Waals surface area contributed by atoms with Crippen LogP contribution < -0.4 is 5.32 Å². The molecule has 0 aliphatic carbocycles. The fourth-order valence-electron chi connectivity index (χ4n) is 4.26. The lowest BCUT2D eigenvalue weighted by Gasteiger charge is -2.31. The van der Waals surface area contributed by atoms with Crippen LogP contribution in [0.3, 0.4) is 0 Å². The van der Waals surface area contributed by atoms with E-state index in [4.69, 9.17) is 0 Å². The Morgan fingerprint density at radius 1 is 1.03 bits per heavy atom. The molecule has 1 N–H and O–H groups in total. The van der Waals surface area contributed by atoms with E-state index in [1.54, 1.807) is 39.5 Å². The SMILES string of the molecule is CC1CCN(S(=O)(=O)c2ccc(NC(=O)C3CCCN(C(=O)c4cccs4)C3)cc2)CC1. The number of anilines is 1. The van der Waals surface area contributed by atoms with Crippen LogP contribution in [0.25, 0.3) is 0 Å². The molecule has 1 aromatic heterocycles. The van der Waals surface area contributed by atoms with Crippen LogP contribution >= 0.6 is 11.3 Å². The first kappa shape index (κ1) is 22.9. The quantitative estimate of drug-likeness (QED) is 0.715. The zero-order chi connectivity index (χ0) is 22.7. The number of hydrogen-bond acceptors (Lipinski definition) is 5. The van der Waals surface area contributed by atoms with Crippen LogP contribution in [0.2, 0.25) is 0 Å². The van der Waals surface area contributed by atoms with Crippen LogP contribution in [0.5, 0.6) is 0 Å². The molecule has 1 unspecified atom stereocenters. The number of piperidine rings is 2. The van der Waals surface area contributed by atoms with E-state index in [1.165, 1.54) is 11.3 Å². The van der Waals surface area contributed by atoms with Gasteiger partial charge in [0.15, 0.2) is 0 Å². The van der Waals surface area contributed by atoms with Crippen LogP contribution in [-0.2, 0) is 14.8 Å². The second-order valence-electron chi connectivity index (χ2n) is 8.67. The summed E-state index contributed by atoms with van der Waals surface area (Å²) in [5, 5.41) is 4.76. The molecule has 1 aromatic carbocycles. The van der Waals surface area contributed by atoms with E-state index in [2.05, 4.69) is 12.2 Å². The summed E-state index contributed by atoms with van der Waals surface area (Å²) in [7, 11) is -3.51. The number of nitrogens with zero attached hydrogens (tertiary/aromatic N) is 2. The molecule has 172 valence electrons. The highest BCUT2D eigenvalue weighted by molar-refractivity contribution is 7.89. The molecule has 3 heterocycles. The third kappa shape index (κ3) is 5.05. The predicted octanol–water partition coefficient (Wildman–Crippen LogP) is 3.66. The summed E-state index contributed by atoms with van der Waals surface area (Å²) < 4.78 is 27.3. The van der Waals surface area contributed by atoms with E-state index in [0.29, 0.717) is 42.7 Å². The van der Waals surface area contributed by atoms with E-state index in [0.717, 1.165) is 25.7 Å². The first-order chi connectivity index (χ1) is 15.3. The molecule has 2 aliphatic rings. The molecule has 2 aliphatic heterocycles. The van der Waals surface area contributed by atoms with Gasteiger partial charge in [-0.1, -0.05) is 13.0 Å². The van der Waals surface area contributed by atoms with Gasteiger partial charge >= 0.3 is 0 Å². The Balaban J connectivity index is 1.37. The molecule has 0 spiro atoms. The summed E-state index contributed by atoms with van der Waals surface area (Å²) in [6, 6.07) is 10.0. The molecule has 4 rings (SSSR count). The van der Waals surface area contributed by atoms with Crippen molar-refractivity contribution in [2.24, 2.45) is 11.8 Å². The van der Waals surface area contributed by atoms with Crippen LogP contribution in [0.15, 0.2) is 46.7 Å². The van der Waals surface area contributed by atoms with Crippen molar-refractivity contribution in [2.75, 3.05) is 31.5 Å². The fourth-order valence-corrected chi connectivity index (χ4v) is 6.42. The molecule has 0 radical (unpaired) electrons. The minimum Gasteiger partial charge on any atom is -0.337 e. The molecular formula is C23H29N3O4S2. The highest BCUT2D eigenvalue weighted by Gasteiger charge is 2.30. The van der Waals surface area contributed by atoms with Crippen molar-refractivity contribution >= 4 is 38.9 Å². The minimum absolute atomic E-state index is 0.0286. The molecule has 2 fully saturated rings. The van der Waals surface area contributed by atoms with Gasteiger partial charge in [-0.3, -0.25) is 9.59 Å². The second kappa shape index (κ2) is 9.72. The van der Waals surface area contributed by atoms with Gasteiger partial charge in [0.05, 0.1) is 15.7 Å². The van der Waals surface area contributed by atoms with Gasteiger partial charge in [-0.05, 0) is 67.3 Å². The molecule has 2 saturated heterocycles. The fraction of sp³-hybridized carbons (Fsp3) is 0.478. The van der Waals surface area contributed by atoms with Gasteiger partial charge in [0.25, 0.3) is 5.91 Å². The zero-order valence-electron chi connectivity index (χ0n) is 18.2. The van der Waals surface area contributed by atoms with Gasteiger partial charge in [0.1, 0.15) is 0 Å². The van der Waals surface area contributed by atoms with Crippen molar-refractivity contribution in [1.29, 1.82) is 0 Å². The molecule has 2 amide bonds. The Kier molecular flexibility index (Phi) is 6.97. The number of thiophene rings is 1. The van der Waals surface area contributed by atoms with Gasteiger partial charge < -0.3 is 10.2 Å². The first-order valence-corrected chi connectivity index (χ1v) is 13.4. The van der Waals surface area contributed by atoms with Crippen LogP contribution in [0.4, 0.5) is 5.69 Å². The van der Waals surface area contributed by atoms with Gasteiger partial charge in [-0.25, -0.2) is 8.42 Å². The average molecular weight is 476 g/mol. The summed E-state index contributed by atoms with van der Waals surface area (Å²) in [5.41, 5.74) is 0.558. The normalized spacial score (nSPS) is 20.8. The minimum atomic E-state index is -3.51. The Bertz CT molecular complexity index is 1040. The second-order valence-corrected chi connectivity index (χ2v) is 11.6. The van der Waals surface area contributed by atoms with Crippen LogP contribution in [0.1, 0.15) is 42.3 Å². The largest absolute Gasteiger partial charge is 0.337 e. The predicted molar refractivity (Wildman–Crippen MR) is 125 cm³/mol. The monoisotopic (exact) mass is 475 g/mol. The van der Waals surface area contributed by atoms with Gasteiger partial charge in [0.2, 0.25) is 15.9 Å². The Morgan fingerprint density at radius 2 is 1.75 bits per heavy atom. The summed E-state index contributed by atoms with van der Waals surface area (Å²) in [6.07, 6.45) is 3.25. The molecule has 0 saturated carbocycles. The van der Waals surface area contributed by atoms with Crippen molar-refractivity contribution in [1.82, 2.24) is 9.21 Å². The number of carbonyl (C=O) groups excluding carboxylic acids is 2. The maximum absolute atomic E-state index is 12.9. The summed E-state index contributed by atoms with van der Waals surface area (Å²) in [5.74, 6) is 0.0928. The Hall–Kier alpha value is -2.23. The highest BCUT2D eigenvalue weighted by Crippen LogP contribution is 2.25. The number of carbonyl (C=O) groups is 2. The lowest BCUT2D eigenvalue weighted by molar-refractivity contribution is -0.121. The number of likely N-dealkylation sites (tertiary alicyclic amines) is 1. The van der Waals surface area contributed by atoms with Crippen molar-refractivity contribution in [3.8, 4) is 0 Å². The van der Waals surface area contributed by atoms with Crippen molar-refractivity contribution in [2.45, 2.75) is 37.5 Å². The highest BCUT2D eigenvalue weighted by atomic mass is 32.2. The average Bonchev–Trinajstić information content (AvgIpc) is 3.34. The van der Waals surface area contributed by atoms with E-state index < -0.39 is 10.0 Å². The van der Waals surface area contributed by atoms with Crippen molar-refractivity contribution in [3.05, 3.63) is 46.7 Å².